The van der Waals surface area contributed by atoms with E-state index in [0.29, 0.717) is 37.3 Å². The Bertz CT molecular complexity index is 676. The lowest BCUT2D eigenvalue weighted by Gasteiger charge is -2.34. The van der Waals surface area contributed by atoms with Gasteiger partial charge >= 0.3 is 0 Å². The number of nitrogens with zero attached hydrogens (tertiary/aromatic N) is 2. The van der Waals surface area contributed by atoms with Gasteiger partial charge in [0, 0.05) is 31.7 Å². The molecule has 2 heterocycles. The predicted molar refractivity (Wildman–Crippen MR) is 76.9 cm³/mol. The normalized spacial score (nSPS) is 15.0. The molecule has 22 heavy (non-hydrogen) atoms. The van der Waals surface area contributed by atoms with Crippen molar-refractivity contribution in [2.75, 3.05) is 26.2 Å². The van der Waals surface area contributed by atoms with Crippen LogP contribution in [0.1, 0.15) is 20.7 Å². The van der Waals surface area contributed by atoms with E-state index < -0.39 is 5.82 Å². The summed E-state index contributed by atoms with van der Waals surface area (Å²) < 4.78 is 18.1. The molecule has 1 aromatic heterocycles. The first kappa shape index (κ1) is 14.3. The van der Waals surface area contributed by atoms with Gasteiger partial charge in [0.05, 0.1) is 11.8 Å². The summed E-state index contributed by atoms with van der Waals surface area (Å²) in [7, 11) is 0. The molecule has 0 aliphatic carbocycles. The van der Waals surface area contributed by atoms with Crippen LogP contribution in [-0.4, -0.2) is 47.8 Å². The molecule has 0 spiro atoms. The highest BCUT2D eigenvalue weighted by Crippen LogP contribution is 2.13. The van der Waals surface area contributed by atoms with Crippen molar-refractivity contribution in [3.63, 3.8) is 0 Å². The van der Waals surface area contributed by atoms with E-state index in [4.69, 9.17) is 4.42 Å². The molecular weight excluding hydrogens is 287 g/mol. The van der Waals surface area contributed by atoms with Crippen molar-refractivity contribution in [1.29, 1.82) is 0 Å². The number of amides is 2. The zero-order chi connectivity index (χ0) is 15.5. The maximum Gasteiger partial charge on any atom is 0.257 e. The first-order valence-corrected chi connectivity index (χ1v) is 7.01. The molecule has 3 rings (SSSR count). The van der Waals surface area contributed by atoms with Crippen LogP contribution in [0.4, 0.5) is 4.39 Å². The lowest BCUT2D eigenvalue weighted by atomic mass is 10.1. The Labute approximate surface area is 126 Å². The third-order valence-electron chi connectivity index (χ3n) is 3.69. The first-order chi connectivity index (χ1) is 10.6. The molecule has 0 atom stereocenters. The highest BCUT2D eigenvalue weighted by Gasteiger charge is 2.25. The number of benzene rings is 1. The number of furan rings is 1. The molecule has 0 saturated carbocycles. The highest BCUT2D eigenvalue weighted by molar-refractivity contribution is 5.95. The molecule has 6 heteroatoms. The Balaban J connectivity index is 1.62. The van der Waals surface area contributed by atoms with Crippen LogP contribution in [0.5, 0.6) is 0 Å². The van der Waals surface area contributed by atoms with Crippen LogP contribution in [0.25, 0.3) is 0 Å². The second-order valence-electron chi connectivity index (χ2n) is 5.11. The van der Waals surface area contributed by atoms with Gasteiger partial charge in [0.15, 0.2) is 0 Å². The maximum absolute atomic E-state index is 13.2. The predicted octanol–water partition coefficient (Wildman–Crippen LogP) is 2.02. The molecule has 1 fully saturated rings. The standard InChI is InChI=1S/C16H15FN2O3/c17-14-3-1-2-12(10-14)15(20)18-5-7-19(8-6-18)16(21)13-4-9-22-11-13/h1-4,9-11H,5-8H2. The largest absolute Gasteiger partial charge is 0.472 e. The second-order valence-corrected chi connectivity index (χ2v) is 5.11. The smallest absolute Gasteiger partial charge is 0.257 e. The van der Waals surface area contributed by atoms with Gasteiger partial charge in [-0.2, -0.15) is 0 Å². The Morgan fingerprint density at radius 1 is 0.955 bits per heavy atom. The summed E-state index contributed by atoms with van der Waals surface area (Å²) in [4.78, 5) is 27.8. The van der Waals surface area contributed by atoms with Gasteiger partial charge in [-0.3, -0.25) is 9.59 Å². The summed E-state index contributed by atoms with van der Waals surface area (Å²) in [5, 5.41) is 0. The summed E-state index contributed by atoms with van der Waals surface area (Å²) in [6, 6.07) is 7.26. The number of carbonyl (C=O) groups is 2. The van der Waals surface area contributed by atoms with E-state index in [-0.39, 0.29) is 11.8 Å². The fraction of sp³-hybridized carbons (Fsp3) is 0.250. The molecule has 1 saturated heterocycles. The van der Waals surface area contributed by atoms with Crippen LogP contribution >= 0.6 is 0 Å². The lowest BCUT2D eigenvalue weighted by Crippen LogP contribution is -2.50. The number of halogens is 1. The molecule has 0 radical (unpaired) electrons. The van der Waals surface area contributed by atoms with E-state index in [1.807, 2.05) is 0 Å². The van der Waals surface area contributed by atoms with E-state index >= 15 is 0 Å². The third kappa shape index (κ3) is 2.86. The van der Waals surface area contributed by atoms with Crippen LogP contribution in [-0.2, 0) is 0 Å². The molecule has 2 aromatic rings. The average molecular weight is 302 g/mol. The number of hydrogen-bond donors (Lipinski definition) is 0. The molecule has 0 N–H and O–H groups in total. The molecule has 1 aliphatic rings. The Kier molecular flexibility index (Phi) is 3.91. The van der Waals surface area contributed by atoms with Gasteiger partial charge in [-0.05, 0) is 24.3 Å². The number of carbonyl (C=O) groups excluding carboxylic acids is 2. The van der Waals surface area contributed by atoms with Gasteiger partial charge in [-0.25, -0.2) is 4.39 Å². The van der Waals surface area contributed by atoms with E-state index in [2.05, 4.69) is 0 Å². The van der Waals surface area contributed by atoms with Gasteiger partial charge in [0.25, 0.3) is 11.8 Å². The van der Waals surface area contributed by atoms with Crippen molar-refractivity contribution in [2.45, 2.75) is 0 Å². The molecule has 0 bridgehead atoms. The Morgan fingerprint density at radius 3 is 2.14 bits per heavy atom. The number of hydrogen-bond acceptors (Lipinski definition) is 3. The van der Waals surface area contributed by atoms with E-state index in [1.54, 1.807) is 21.9 Å². The topological polar surface area (TPSA) is 53.8 Å². The van der Waals surface area contributed by atoms with Gasteiger partial charge in [-0.15, -0.1) is 0 Å². The zero-order valence-electron chi connectivity index (χ0n) is 11.9. The van der Waals surface area contributed by atoms with E-state index in [1.165, 1.54) is 30.7 Å². The average Bonchev–Trinajstić information content (AvgIpc) is 3.08. The minimum absolute atomic E-state index is 0.105. The van der Waals surface area contributed by atoms with Crippen molar-refractivity contribution >= 4 is 11.8 Å². The van der Waals surface area contributed by atoms with Crippen molar-refractivity contribution in [1.82, 2.24) is 9.80 Å². The molecule has 0 unspecified atom stereocenters. The van der Waals surface area contributed by atoms with Gasteiger partial charge in [0.2, 0.25) is 0 Å². The van der Waals surface area contributed by atoms with Crippen LogP contribution in [0.15, 0.2) is 47.3 Å². The Morgan fingerprint density at radius 2 is 1.59 bits per heavy atom. The minimum Gasteiger partial charge on any atom is -0.472 e. The summed E-state index contributed by atoms with van der Waals surface area (Å²) >= 11 is 0. The van der Waals surface area contributed by atoms with Crippen molar-refractivity contribution < 1.29 is 18.4 Å². The van der Waals surface area contributed by atoms with E-state index in [9.17, 15) is 14.0 Å². The molecule has 5 nitrogen and oxygen atoms in total. The lowest BCUT2D eigenvalue weighted by molar-refractivity contribution is 0.0535. The van der Waals surface area contributed by atoms with Crippen LogP contribution < -0.4 is 0 Å². The van der Waals surface area contributed by atoms with Crippen molar-refractivity contribution in [3.8, 4) is 0 Å². The van der Waals surface area contributed by atoms with Crippen LogP contribution in [0, 0.1) is 5.82 Å². The number of rotatable bonds is 2. The monoisotopic (exact) mass is 302 g/mol. The third-order valence-corrected chi connectivity index (χ3v) is 3.69. The molecule has 2 amide bonds. The van der Waals surface area contributed by atoms with Crippen molar-refractivity contribution in [2.24, 2.45) is 0 Å². The minimum atomic E-state index is -0.431. The zero-order valence-corrected chi connectivity index (χ0v) is 11.9. The second kappa shape index (κ2) is 6.01. The maximum atomic E-state index is 13.2. The summed E-state index contributed by atoms with van der Waals surface area (Å²) in [5.74, 6) is -0.749. The van der Waals surface area contributed by atoms with Crippen LogP contribution in [0.2, 0.25) is 0 Å². The van der Waals surface area contributed by atoms with Gasteiger partial charge < -0.3 is 14.2 Å². The summed E-state index contributed by atoms with van der Waals surface area (Å²) in [6.45, 7) is 1.76. The van der Waals surface area contributed by atoms with Crippen LogP contribution in [0.3, 0.4) is 0 Å². The summed E-state index contributed by atoms with van der Waals surface area (Å²) in [5.41, 5.74) is 0.833. The fourth-order valence-electron chi connectivity index (χ4n) is 2.49. The quantitative estimate of drug-likeness (QED) is 0.853. The van der Waals surface area contributed by atoms with Gasteiger partial charge in [-0.1, -0.05) is 6.07 Å². The Hall–Kier alpha value is -2.63. The first-order valence-electron chi connectivity index (χ1n) is 7.01. The summed E-state index contributed by atoms with van der Waals surface area (Å²) in [6.07, 6.45) is 2.86. The number of piperazine rings is 1. The highest BCUT2D eigenvalue weighted by atomic mass is 19.1. The molecule has 114 valence electrons. The van der Waals surface area contributed by atoms with Gasteiger partial charge in [0.1, 0.15) is 12.1 Å². The molecular formula is C16H15FN2O3. The fourth-order valence-corrected chi connectivity index (χ4v) is 2.49. The van der Waals surface area contributed by atoms with E-state index in [0.717, 1.165) is 0 Å². The SMILES string of the molecule is O=C(c1ccoc1)N1CCN(C(=O)c2cccc(F)c2)CC1. The molecule has 1 aromatic carbocycles. The van der Waals surface area contributed by atoms with Crippen molar-refractivity contribution in [3.05, 3.63) is 59.8 Å². The molecule has 1 aliphatic heterocycles.